The van der Waals surface area contributed by atoms with Crippen molar-refractivity contribution in [2.75, 3.05) is 21.3 Å². The van der Waals surface area contributed by atoms with Gasteiger partial charge in [-0.3, -0.25) is 4.79 Å². The second-order valence-electron chi connectivity index (χ2n) is 11.5. The number of aromatic amines is 1. The van der Waals surface area contributed by atoms with Gasteiger partial charge >= 0.3 is 11.9 Å². The molecule has 3 aromatic carbocycles. The predicted octanol–water partition coefficient (Wildman–Crippen LogP) is 5.53. The fraction of sp³-hybridized carbons (Fsp3) is 0.265. The number of nitrogens with zero attached hydrogens (tertiary/aromatic N) is 1. The van der Waals surface area contributed by atoms with E-state index < -0.39 is 38.0 Å². The van der Waals surface area contributed by atoms with Crippen LogP contribution in [0, 0.1) is 11.5 Å². The smallest absolute Gasteiger partial charge is 0.337 e. The van der Waals surface area contributed by atoms with Gasteiger partial charge in [-0.2, -0.15) is 0 Å². The van der Waals surface area contributed by atoms with E-state index in [1.165, 1.54) is 19.1 Å². The number of esters is 2. The van der Waals surface area contributed by atoms with Crippen LogP contribution in [-0.4, -0.2) is 63.2 Å². The first-order chi connectivity index (χ1) is 20.5. The summed E-state index contributed by atoms with van der Waals surface area (Å²) in [7, 11) is 2.38. The highest BCUT2D eigenvalue weighted by Crippen LogP contribution is 2.42. The number of rotatable bonds is 5. The Kier molecular flexibility index (Phi) is 8.16. The van der Waals surface area contributed by atoms with Crippen molar-refractivity contribution in [2.45, 2.75) is 38.1 Å². The highest BCUT2D eigenvalue weighted by molar-refractivity contribution is 6.84. The molecule has 1 N–H and O–H groups in total. The molecular formula is C34H34N2O6Si. The van der Waals surface area contributed by atoms with Crippen molar-refractivity contribution < 1.29 is 28.6 Å². The molecule has 1 aliphatic rings. The number of aromatic nitrogens is 1. The number of amides is 1. The normalized spacial score (nSPS) is 16.1. The molecule has 0 bridgehead atoms. The number of nitrogens with one attached hydrogen (secondary N) is 1. The van der Waals surface area contributed by atoms with Gasteiger partial charge in [-0.15, -0.1) is 5.54 Å². The summed E-state index contributed by atoms with van der Waals surface area (Å²) in [5.41, 5.74) is 8.86. The van der Waals surface area contributed by atoms with Crippen molar-refractivity contribution in [1.82, 2.24) is 9.88 Å². The number of hydrogen-bond donors (Lipinski definition) is 1. The van der Waals surface area contributed by atoms with Gasteiger partial charge in [-0.05, 0) is 64.6 Å². The fourth-order valence-electron chi connectivity index (χ4n) is 5.44. The van der Waals surface area contributed by atoms with Crippen molar-refractivity contribution in [3.8, 4) is 28.3 Å². The molecule has 2 heterocycles. The van der Waals surface area contributed by atoms with Gasteiger partial charge in [0, 0.05) is 23.0 Å². The molecule has 220 valence electrons. The van der Waals surface area contributed by atoms with E-state index in [2.05, 4.69) is 42.2 Å². The van der Waals surface area contributed by atoms with Crippen LogP contribution in [0.15, 0.2) is 66.7 Å². The van der Waals surface area contributed by atoms with Crippen LogP contribution in [-0.2, 0) is 25.5 Å². The van der Waals surface area contributed by atoms with Gasteiger partial charge in [0.25, 0.3) is 5.91 Å². The van der Waals surface area contributed by atoms with E-state index in [0.717, 1.165) is 39.0 Å². The quantitative estimate of drug-likeness (QED) is 0.186. The molecule has 43 heavy (non-hydrogen) atoms. The third-order valence-electron chi connectivity index (χ3n) is 7.55. The van der Waals surface area contributed by atoms with Gasteiger partial charge < -0.3 is 24.1 Å². The molecule has 1 aliphatic heterocycles. The monoisotopic (exact) mass is 594 g/mol. The molecule has 1 amide bonds. The highest BCUT2D eigenvalue weighted by atomic mass is 28.3. The zero-order valence-electron chi connectivity index (χ0n) is 25.1. The van der Waals surface area contributed by atoms with Crippen LogP contribution < -0.4 is 4.74 Å². The third kappa shape index (κ3) is 5.92. The maximum Gasteiger partial charge on any atom is 0.337 e. The zero-order valence-corrected chi connectivity index (χ0v) is 26.1. The first-order valence-corrected chi connectivity index (χ1v) is 17.4. The molecule has 9 heteroatoms. The number of hydrogen-bond acceptors (Lipinski definition) is 6. The molecule has 2 unspecified atom stereocenters. The van der Waals surface area contributed by atoms with E-state index >= 15 is 0 Å². The number of ether oxygens (including phenoxy) is 3. The summed E-state index contributed by atoms with van der Waals surface area (Å²) in [4.78, 5) is 44.4. The van der Waals surface area contributed by atoms with E-state index in [0.29, 0.717) is 11.1 Å². The van der Waals surface area contributed by atoms with Crippen molar-refractivity contribution in [3.63, 3.8) is 0 Å². The summed E-state index contributed by atoms with van der Waals surface area (Å²) in [6.45, 7) is 6.17. The lowest BCUT2D eigenvalue weighted by molar-refractivity contribution is -0.153. The predicted molar refractivity (Wildman–Crippen MR) is 167 cm³/mol. The number of methoxy groups -OCH3 is 3. The Labute approximate surface area is 252 Å². The van der Waals surface area contributed by atoms with Crippen LogP contribution in [0.2, 0.25) is 19.6 Å². The standard InChI is InChI=1S/C34H34N2O6Si/c1-40-25-14-11-21(12-15-25)24-13-16-28-26(19-24)27-20-29(34(39)42-3)36(30(37)17-18-43(4,5)6)32(31(27)35-28)22-7-9-23(10-8-22)33(38)41-2/h7-16,19,29,32,35H,20H2,1-6H3. The molecule has 0 saturated heterocycles. The van der Waals surface area contributed by atoms with Crippen LogP contribution in [0.1, 0.15) is 33.2 Å². The molecule has 0 radical (unpaired) electrons. The van der Waals surface area contributed by atoms with Crippen molar-refractivity contribution in [3.05, 3.63) is 89.1 Å². The van der Waals surface area contributed by atoms with Crippen molar-refractivity contribution in [1.29, 1.82) is 0 Å². The SMILES string of the molecule is COC(=O)c1ccc(C2c3[nH]c4ccc(-c5ccc(OC)cc5)cc4c3CC(C(=O)OC)N2C(=O)C#C[Si](C)(C)C)cc1. The summed E-state index contributed by atoms with van der Waals surface area (Å²) in [5, 5.41) is 0.952. The average Bonchev–Trinajstić information content (AvgIpc) is 3.39. The van der Waals surface area contributed by atoms with Crippen LogP contribution in [0.4, 0.5) is 0 Å². The number of H-pyrrole nitrogens is 1. The fourth-order valence-corrected chi connectivity index (χ4v) is 5.92. The summed E-state index contributed by atoms with van der Waals surface area (Å²) in [6, 6.07) is 19.3. The molecule has 0 fully saturated rings. The Hall–Kier alpha value is -4.81. The molecular weight excluding hydrogens is 560 g/mol. The topological polar surface area (TPSA) is 97.9 Å². The minimum atomic E-state index is -1.90. The Morgan fingerprint density at radius 2 is 1.56 bits per heavy atom. The molecule has 0 saturated carbocycles. The molecule has 2 atom stereocenters. The summed E-state index contributed by atoms with van der Waals surface area (Å²) in [6.07, 6.45) is 0.255. The number of benzene rings is 3. The Morgan fingerprint density at radius 1 is 0.884 bits per heavy atom. The number of fused-ring (bicyclic) bond motifs is 3. The number of carbonyl (C=O) groups is 3. The molecule has 8 nitrogen and oxygen atoms in total. The van der Waals surface area contributed by atoms with E-state index in [1.54, 1.807) is 31.4 Å². The summed E-state index contributed by atoms with van der Waals surface area (Å²) < 4.78 is 15.4. The minimum Gasteiger partial charge on any atom is -0.497 e. The number of carbonyl (C=O) groups excluding carboxylic acids is 3. The third-order valence-corrected chi connectivity index (χ3v) is 8.42. The van der Waals surface area contributed by atoms with E-state index in [9.17, 15) is 14.4 Å². The van der Waals surface area contributed by atoms with Gasteiger partial charge in [0.1, 0.15) is 19.9 Å². The first kappa shape index (κ1) is 29.7. The van der Waals surface area contributed by atoms with Crippen LogP contribution >= 0.6 is 0 Å². The lowest BCUT2D eigenvalue weighted by Gasteiger charge is -2.40. The highest BCUT2D eigenvalue weighted by Gasteiger charge is 2.44. The van der Waals surface area contributed by atoms with Gasteiger partial charge in [0.15, 0.2) is 0 Å². The summed E-state index contributed by atoms with van der Waals surface area (Å²) >= 11 is 0. The molecule has 0 spiro atoms. The van der Waals surface area contributed by atoms with E-state index in [-0.39, 0.29) is 6.42 Å². The lowest BCUT2D eigenvalue weighted by Crippen LogP contribution is -2.51. The lowest BCUT2D eigenvalue weighted by atomic mass is 9.87. The van der Waals surface area contributed by atoms with Gasteiger partial charge in [0.2, 0.25) is 0 Å². The van der Waals surface area contributed by atoms with Crippen molar-refractivity contribution in [2.24, 2.45) is 0 Å². The average molecular weight is 595 g/mol. The maximum atomic E-state index is 13.9. The second kappa shape index (κ2) is 11.8. The minimum absolute atomic E-state index is 0.255. The van der Waals surface area contributed by atoms with Gasteiger partial charge in [-0.1, -0.05) is 50.0 Å². The van der Waals surface area contributed by atoms with Crippen LogP contribution in [0.25, 0.3) is 22.0 Å². The van der Waals surface area contributed by atoms with Gasteiger partial charge in [0.05, 0.1) is 32.9 Å². The van der Waals surface area contributed by atoms with E-state index in [4.69, 9.17) is 14.2 Å². The largest absolute Gasteiger partial charge is 0.497 e. The van der Waals surface area contributed by atoms with Gasteiger partial charge in [-0.25, -0.2) is 9.59 Å². The molecule has 1 aromatic heterocycles. The molecule has 4 aromatic rings. The molecule has 0 aliphatic carbocycles. The zero-order chi connectivity index (χ0) is 30.9. The van der Waals surface area contributed by atoms with Crippen molar-refractivity contribution >= 4 is 36.8 Å². The van der Waals surface area contributed by atoms with Crippen LogP contribution in [0.5, 0.6) is 5.75 Å². The Balaban J connectivity index is 1.71. The molecule has 5 rings (SSSR count). The second-order valence-corrected chi connectivity index (χ2v) is 16.2. The maximum absolute atomic E-state index is 13.9. The van der Waals surface area contributed by atoms with Crippen LogP contribution in [0.3, 0.4) is 0 Å². The Morgan fingerprint density at radius 3 is 2.16 bits per heavy atom. The summed E-state index contributed by atoms with van der Waals surface area (Å²) in [5.74, 6) is 2.17. The van der Waals surface area contributed by atoms with E-state index in [1.807, 2.05) is 36.4 Å². The Bertz CT molecular complexity index is 1760. The first-order valence-electron chi connectivity index (χ1n) is 13.9.